The molecule has 144 valence electrons. The van der Waals surface area contributed by atoms with Gasteiger partial charge in [0, 0.05) is 5.56 Å². The monoisotopic (exact) mass is 379 g/mol. The second-order valence-electron chi connectivity index (χ2n) is 6.49. The molecule has 0 saturated heterocycles. The van der Waals surface area contributed by atoms with Crippen LogP contribution in [0.2, 0.25) is 0 Å². The summed E-state index contributed by atoms with van der Waals surface area (Å²) in [5.41, 5.74) is 2.93. The zero-order chi connectivity index (χ0) is 19.5. The average molecular weight is 379 g/mol. The van der Waals surface area contributed by atoms with Gasteiger partial charge in [0.05, 0.1) is 18.8 Å². The molecule has 7 heteroatoms. The number of nitrogens with zero attached hydrogens (tertiary/aromatic N) is 1. The summed E-state index contributed by atoms with van der Waals surface area (Å²) in [5.74, 6) is 1.97. The van der Waals surface area contributed by atoms with Gasteiger partial charge in [-0.15, -0.1) is 0 Å². The number of fused-ring (bicyclic) bond motifs is 1. The molecule has 1 aromatic heterocycles. The molecule has 0 spiro atoms. The Morgan fingerprint density at radius 1 is 1.11 bits per heavy atom. The van der Waals surface area contributed by atoms with Crippen molar-refractivity contribution in [2.45, 2.75) is 13.0 Å². The summed E-state index contributed by atoms with van der Waals surface area (Å²) in [6.45, 7) is 3.00. The predicted molar refractivity (Wildman–Crippen MR) is 104 cm³/mol. The summed E-state index contributed by atoms with van der Waals surface area (Å²) in [6.07, 6.45) is 0. The summed E-state index contributed by atoms with van der Waals surface area (Å²) in [5, 5.41) is 10.0. The van der Waals surface area contributed by atoms with Crippen molar-refractivity contribution in [3.63, 3.8) is 0 Å². The van der Waals surface area contributed by atoms with E-state index >= 15 is 0 Å². The van der Waals surface area contributed by atoms with Crippen LogP contribution in [-0.4, -0.2) is 36.4 Å². The Hall–Kier alpha value is -3.48. The smallest absolute Gasteiger partial charge is 0.269 e. The van der Waals surface area contributed by atoms with E-state index in [0.717, 1.165) is 22.6 Å². The highest BCUT2D eigenvalue weighted by Crippen LogP contribution is 2.32. The molecule has 2 N–H and O–H groups in total. The van der Waals surface area contributed by atoms with Gasteiger partial charge in [0.2, 0.25) is 0 Å². The van der Waals surface area contributed by atoms with Crippen LogP contribution in [-0.2, 0) is 0 Å². The molecular formula is C21H21N3O4. The normalized spacial score (nSPS) is 13.6. The highest BCUT2D eigenvalue weighted by molar-refractivity contribution is 5.93. The van der Waals surface area contributed by atoms with E-state index in [1.54, 1.807) is 13.2 Å². The lowest BCUT2D eigenvalue weighted by Crippen LogP contribution is -2.27. The minimum absolute atomic E-state index is 0.198. The van der Waals surface area contributed by atoms with E-state index in [2.05, 4.69) is 15.5 Å². The molecule has 1 aliphatic heterocycles. The number of hydrogen-bond acceptors (Lipinski definition) is 5. The molecule has 1 amide bonds. The van der Waals surface area contributed by atoms with Crippen molar-refractivity contribution in [3.05, 3.63) is 59.8 Å². The van der Waals surface area contributed by atoms with Crippen LogP contribution < -0.4 is 19.5 Å². The first kappa shape index (κ1) is 17.9. The van der Waals surface area contributed by atoms with Crippen molar-refractivity contribution in [1.29, 1.82) is 0 Å². The summed E-state index contributed by atoms with van der Waals surface area (Å²) in [6, 6.07) is 14.7. The van der Waals surface area contributed by atoms with Crippen molar-refractivity contribution >= 4 is 5.91 Å². The maximum absolute atomic E-state index is 12.6. The Labute approximate surface area is 162 Å². The fraction of sp³-hybridized carbons (Fsp3) is 0.238. The quantitative estimate of drug-likeness (QED) is 0.710. The number of rotatable bonds is 5. The van der Waals surface area contributed by atoms with Crippen LogP contribution in [0.15, 0.2) is 48.5 Å². The first-order valence-electron chi connectivity index (χ1n) is 9.04. The van der Waals surface area contributed by atoms with Gasteiger partial charge in [-0.05, 0) is 55.0 Å². The predicted octanol–water partition coefficient (Wildman–Crippen LogP) is 3.35. The van der Waals surface area contributed by atoms with Crippen LogP contribution in [0.25, 0.3) is 11.3 Å². The molecule has 0 bridgehead atoms. The molecule has 3 aromatic rings. The SMILES string of the molecule is COc1ccc(-c2cc(C(=O)NC(C)c3ccc4c(c3)OCCO4)[nH]n2)cc1. The number of carbonyl (C=O) groups excluding carboxylic acids is 1. The van der Waals surface area contributed by atoms with Crippen molar-refractivity contribution in [2.24, 2.45) is 0 Å². The minimum atomic E-state index is -0.227. The zero-order valence-electron chi connectivity index (χ0n) is 15.7. The number of amides is 1. The van der Waals surface area contributed by atoms with Crippen molar-refractivity contribution in [1.82, 2.24) is 15.5 Å². The molecule has 1 unspecified atom stereocenters. The van der Waals surface area contributed by atoms with Gasteiger partial charge in [-0.25, -0.2) is 0 Å². The molecule has 0 radical (unpaired) electrons. The summed E-state index contributed by atoms with van der Waals surface area (Å²) < 4.78 is 16.3. The zero-order valence-corrected chi connectivity index (χ0v) is 15.7. The van der Waals surface area contributed by atoms with Crippen LogP contribution in [0, 0.1) is 0 Å². The van der Waals surface area contributed by atoms with Crippen LogP contribution in [0.3, 0.4) is 0 Å². The first-order valence-corrected chi connectivity index (χ1v) is 9.04. The Morgan fingerprint density at radius 3 is 2.61 bits per heavy atom. The second kappa shape index (κ2) is 7.64. The summed E-state index contributed by atoms with van der Waals surface area (Å²) >= 11 is 0. The van der Waals surface area contributed by atoms with E-state index < -0.39 is 0 Å². The lowest BCUT2D eigenvalue weighted by Gasteiger charge is -2.21. The van der Waals surface area contributed by atoms with Crippen LogP contribution in [0.5, 0.6) is 17.2 Å². The van der Waals surface area contributed by atoms with E-state index in [1.165, 1.54) is 0 Å². The standard InChI is InChI=1S/C21H21N3O4/c1-13(15-5-8-19-20(11-15)28-10-9-27-19)22-21(25)18-12-17(23-24-18)14-3-6-16(26-2)7-4-14/h3-8,11-13H,9-10H2,1-2H3,(H,22,25)(H,23,24). The third-order valence-corrected chi connectivity index (χ3v) is 4.62. The van der Waals surface area contributed by atoms with Gasteiger partial charge in [0.15, 0.2) is 11.5 Å². The number of H-pyrrole nitrogens is 1. The van der Waals surface area contributed by atoms with Crippen molar-refractivity contribution in [2.75, 3.05) is 20.3 Å². The maximum atomic E-state index is 12.6. The second-order valence-corrected chi connectivity index (χ2v) is 6.49. The molecule has 1 aliphatic rings. The van der Waals surface area contributed by atoms with Gasteiger partial charge in [-0.3, -0.25) is 9.89 Å². The average Bonchev–Trinajstić information content (AvgIpc) is 3.24. The van der Waals surface area contributed by atoms with E-state index in [4.69, 9.17) is 14.2 Å². The highest BCUT2D eigenvalue weighted by Gasteiger charge is 2.18. The molecule has 0 saturated carbocycles. The lowest BCUT2D eigenvalue weighted by molar-refractivity contribution is 0.0934. The fourth-order valence-electron chi connectivity index (χ4n) is 3.03. The lowest BCUT2D eigenvalue weighted by atomic mass is 10.1. The van der Waals surface area contributed by atoms with Gasteiger partial charge in [-0.1, -0.05) is 6.07 Å². The Balaban J connectivity index is 1.45. The Morgan fingerprint density at radius 2 is 1.86 bits per heavy atom. The number of ether oxygens (including phenoxy) is 3. The largest absolute Gasteiger partial charge is 0.497 e. The van der Waals surface area contributed by atoms with Gasteiger partial charge in [0.25, 0.3) is 5.91 Å². The third-order valence-electron chi connectivity index (χ3n) is 4.62. The topological polar surface area (TPSA) is 85.5 Å². The Bertz CT molecular complexity index is 982. The number of benzene rings is 2. The van der Waals surface area contributed by atoms with E-state index in [-0.39, 0.29) is 11.9 Å². The number of aromatic amines is 1. The van der Waals surface area contributed by atoms with Gasteiger partial charge >= 0.3 is 0 Å². The number of nitrogens with one attached hydrogen (secondary N) is 2. The number of methoxy groups -OCH3 is 1. The number of carbonyl (C=O) groups is 1. The minimum Gasteiger partial charge on any atom is -0.497 e. The molecular weight excluding hydrogens is 358 g/mol. The third kappa shape index (κ3) is 3.64. The molecule has 0 fully saturated rings. The highest BCUT2D eigenvalue weighted by atomic mass is 16.6. The number of hydrogen-bond donors (Lipinski definition) is 2. The molecule has 7 nitrogen and oxygen atoms in total. The van der Waals surface area contributed by atoms with Crippen molar-refractivity contribution < 1.29 is 19.0 Å². The van der Waals surface area contributed by atoms with E-state index in [9.17, 15) is 4.79 Å². The fourth-order valence-corrected chi connectivity index (χ4v) is 3.03. The van der Waals surface area contributed by atoms with Gasteiger partial charge in [0.1, 0.15) is 24.7 Å². The molecule has 0 aliphatic carbocycles. The van der Waals surface area contributed by atoms with Gasteiger partial charge < -0.3 is 19.5 Å². The first-order chi connectivity index (χ1) is 13.6. The van der Waals surface area contributed by atoms with E-state index in [1.807, 2.05) is 49.4 Å². The molecule has 4 rings (SSSR count). The van der Waals surface area contributed by atoms with Crippen LogP contribution in [0.1, 0.15) is 29.0 Å². The number of aromatic nitrogens is 2. The molecule has 2 aromatic carbocycles. The summed E-state index contributed by atoms with van der Waals surface area (Å²) in [7, 11) is 1.62. The summed E-state index contributed by atoms with van der Waals surface area (Å²) in [4.78, 5) is 12.6. The Kier molecular flexibility index (Phi) is 4.89. The molecule has 28 heavy (non-hydrogen) atoms. The van der Waals surface area contributed by atoms with Crippen molar-refractivity contribution in [3.8, 4) is 28.5 Å². The van der Waals surface area contributed by atoms with E-state index in [0.29, 0.717) is 30.4 Å². The van der Waals surface area contributed by atoms with Gasteiger partial charge in [-0.2, -0.15) is 5.10 Å². The maximum Gasteiger partial charge on any atom is 0.269 e. The molecule has 1 atom stereocenters. The van der Waals surface area contributed by atoms with Crippen LogP contribution in [0.4, 0.5) is 0 Å². The molecule has 2 heterocycles. The van der Waals surface area contributed by atoms with Crippen LogP contribution >= 0.6 is 0 Å².